The van der Waals surface area contributed by atoms with Gasteiger partial charge in [0.05, 0.1) is 18.1 Å². The molecule has 5 heteroatoms. The van der Waals surface area contributed by atoms with Crippen LogP contribution in [0.1, 0.15) is 29.8 Å². The van der Waals surface area contributed by atoms with E-state index >= 15 is 0 Å². The van der Waals surface area contributed by atoms with Gasteiger partial charge in [0.25, 0.3) is 0 Å². The van der Waals surface area contributed by atoms with Crippen molar-refractivity contribution in [1.29, 1.82) is 0 Å². The third-order valence-corrected chi connectivity index (χ3v) is 4.05. The van der Waals surface area contributed by atoms with E-state index in [-0.39, 0.29) is 11.2 Å². The van der Waals surface area contributed by atoms with Crippen LogP contribution in [0.4, 0.5) is 4.39 Å². The van der Waals surface area contributed by atoms with E-state index in [9.17, 15) is 4.39 Å². The van der Waals surface area contributed by atoms with Gasteiger partial charge in [-0.1, -0.05) is 22.9 Å². The molecule has 2 nitrogen and oxygen atoms in total. The Labute approximate surface area is 119 Å². The van der Waals surface area contributed by atoms with Gasteiger partial charge in [-0.05, 0) is 30.2 Å². The van der Waals surface area contributed by atoms with E-state index in [4.69, 9.17) is 11.6 Å². The van der Waals surface area contributed by atoms with Crippen molar-refractivity contribution in [1.82, 2.24) is 9.78 Å². The Balaban J connectivity index is 2.18. The number of benzene rings is 1. The summed E-state index contributed by atoms with van der Waals surface area (Å²) >= 11 is 9.54. The first kappa shape index (κ1) is 13.6. The summed E-state index contributed by atoms with van der Waals surface area (Å²) in [6.45, 7) is 2.55. The third-order valence-electron chi connectivity index (χ3n) is 2.71. The van der Waals surface area contributed by atoms with Crippen LogP contribution in [-0.4, -0.2) is 9.78 Å². The highest BCUT2D eigenvalue weighted by molar-refractivity contribution is 9.10. The summed E-state index contributed by atoms with van der Waals surface area (Å²) in [6, 6.07) is 4.63. The van der Waals surface area contributed by atoms with Gasteiger partial charge in [-0.3, -0.25) is 4.68 Å². The van der Waals surface area contributed by atoms with Gasteiger partial charge in [-0.2, -0.15) is 5.10 Å². The highest BCUT2D eigenvalue weighted by atomic mass is 79.9. The predicted octanol–water partition coefficient (Wildman–Crippen LogP) is 4.52. The lowest BCUT2D eigenvalue weighted by Gasteiger charge is -2.05. The molecule has 2 rings (SSSR count). The quantitative estimate of drug-likeness (QED) is 0.753. The van der Waals surface area contributed by atoms with Crippen molar-refractivity contribution >= 4 is 27.5 Å². The average Bonchev–Trinajstić information content (AvgIpc) is 2.81. The number of hydrogen-bond acceptors (Lipinski definition) is 1. The first-order valence-electron chi connectivity index (χ1n) is 5.70. The Hall–Kier alpha value is -0.870. The molecule has 0 radical (unpaired) electrons. The van der Waals surface area contributed by atoms with E-state index in [1.54, 1.807) is 16.9 Å². The van der Waals surface area contributed by atoms with Gasteiger partial charge in [-0.15, -0.1) is 11.6 Å². The van der Waals surface area contributed by atoms with Crippen molar-refractivity contribution in [2.24, 2.45) is 0 Å². The minimum Gasteiger partial charge on any atom is -0.268 e. The Morgan fingerprint density at radius 2 is 2.28 bits per heavy atom. The van der Waals surface area contributed by atoms with E-state index in [0.717, 1.165) is 22.0 Å². The van der Waals surface area contributed by atoms with Crippen LogP contribution in [0.2, 0.25) is 0 Å². The fourth-order valence-electron chi connectivity index (χ4n) is 1.70. The monoisotopic (exact) mass is 330 g/mol. The molecule has 0 aliphatic heterocycles. The fraction of sp³-hybridized carbons (Fsp3) is 0.308. The molecule has 1 atom stereocenters. The second-order valence-electron chi connectivity index (χ2n) is 4.08. The van der Waals surface area contributed by atoms with Gasteiger partial charge in [0.2, 0.25) is 0 Å². The standard InChI is InChI=1S/C13H13BrClFN2/c1-2-13(15)10-6-17-18(8-10)7-9-5-11(16)3-4-12(9)14/h3-6,8,13H,2,7H2,1H3. The second-order valence-corrected chi connectivity index (χ2v) is 5.46. The van der Waals surface area contributed by atoms with Gasteiger partial charge >= 0.3 is 0 Å². The molecule has 0 saturated carbocycles. The number of aromatic nitrogens is 2. The fourth-order valence-corrected chi connectivity index (χ4v) is 2.19. The maximum absolute atomic E-state index is 13.2. The van der Waals surface area contributed by atoms with Crippen LogP contribution in [0.25, 0.3) is 0 Å². The molecule has 0 fully saturated rings. The Morgan fingerprint density at radius 3 is 3.00 bits per heavy atom. The maximum Gasteiger partial charge on any atom is 0.123 e. The van der Waals surface area contributed by atoms with Gasteiger partial charge < -0.3 is 0 Å². The largest absolute Gasteiger partial charge is 0.268 e. The molecular formula is C13H13BrClFN2. The second kappa shape index (κ2) is 5.85. The van der Waals surface area contributed by atoms with Crippen LogP contribution in [0.3, 0.4) is 0 Å². The molecule has 0 N–H and O–H groups in total. The van der Waals surface area contributed by atoms with Crippen LogP contribution in [-0.2, 0) is 6.54 Å². The molecule has 0 bridgehead atoms. The van der Waals surface area contributed by atoms with Crippen molar-refractivity contribution in [3.63, 3.8) is 0 Å². The number of hydrogen-bond donors (Lipinski definition) is 0. The van der Waals surface area contributed by atoms with Gasteiger partial charge in [0.1, 0.15) is 5.82 Å². The lowest BCUT2D eigenvalue weighted by molar-refractivity contribution is 0.618. The van der Waals surface area contributed by atoms with Crippen molar-refractivity contribution in [2.45, 2.75) is 25.3 Å². The first-order valence-corrected chi connectivity index (χ1v) is 6.93. The molecule has 1 aromatic carbocycles. The van der Waals surface area contributed by atoms with Crippen LogP contribution >= 0.6 is 27.5 Å². The number of alkyl halides is 1. The molecule has 1 heterocycles. The molecule has 2 aromatic rings. The van der Waals surface area contributed by atoms with E-state index < -0.39 is 0 Å². The Morgan fingerprint density at radius 1 is 1.50 bits per heavy atom. The minimum atomic E-state index is -0.246. The van der Waals surface area contributed by atoms with E-state index in [2.05, 4.69) is 21.0 Å². The Bertz CT molecular complexity index is 542. The molecule has 0 amide bonds. The molecule has 96 valence electrons. The summed E-state index contributed by atoms with van der Waals surface area (Å²) in [4.78, 5) is 0. The predicted molar refractivity (Wildman–Crippen MR) is 74.3 cm³/mol. The molecule has 0 aliphatic carbocycles. The molecule has 0 aliphatic rings. The third kappa shape index (κ3) is 3.12. The lowest BCUT2D eigenvalue weighted by atomic mass is 10.2. The van der Waals surface area contributed by atoms with Crippen LogP contribution in [0.15, 0.2) is 35.1 Å². The van der Waals surface area contributed by atoms with Crippen molar-refractivity contribution in [2.75, 3.05) is 0 Å². The summed E-state index contributed by atoms with van der Waals surface area (Å²) in [6.07, 6.45) is 4.52. The van der Waals surface area contributed by atoms with Crippen LogP contribution < -0.4 is 0 Å². The summed E-state index contributed by atoms with van der Waals surface area (Å²) in [5, 5.41) is 4.22. The summed E-state index contributed by atoms with van der Waals surface area (Å²) in [5.41, 5.74) is 1.85. The smallest absolute Gasteiger partial charge is 0.123 e. The molecule has 18 heavy (non-hydrogen) atoms. The summed E-state index contributed by atoms with van der Waals surface area (Å²) in [7, 11) is 0. The minimum absolute atomic E-state index is 0.0188. The van der Waals surface area contributed by atoms with Crippen LogP contribution in [0, 0.1) is 5.82 Å². The normalized spacial score (nSPS) is 12.7. The number of nitrogens with zero attached hydrogens (tertiary/aromatic N) is 2. The Kier molecular flexibility index (Phi) is 4.40. The van der Waals surface area contributed by atoms with Crippen molar-refractivity contribution in [3.05, 3.63) is 52.0 Å². The average molecular weight is 332 g/mol. The zero-order valence-electron chi connectivity index (χ0n) is 9.91. The summed E-state index contributed by atoms with van der Waals surface area (Å²) in [5.74, 6) is -0.246. The molecule has 1 unspecified atom stereocenters. The van der Waals surface area contributed by atoms with Gasteiger partial charge in [-0.25, -0.2) is 4.39 Å². The summed E-state index contributed by atoms with van der Waals surface area (Å²) < 4.78 is 15.8. The van der Waals surface area contributed by atoms with Crippen molar-refractivity contribution < 1.29 is 4.39 Å². The molecule has 1 aromatic heterocycles. The first-order chi connectivity index (χ1) is 8.60. The SMILES string of the molecule is CCC(Cl)c1cnn(Cc2cc(F)ccc2Br)c1. The van der Waals surface area contributed by atoms with Crippen LogP contribution in [0.5, 0.6) is 0 Å². The lowest BCUT2D eigenvalue weighted by Crippen LogP contribution is -2.01. The van der Waals surface area contributed by atoms with E-state index in [1.165, 1.54) is 12.1 Å². The van der Waals surface area contributed by atoms with E-state index in [1.807, 2.05) is 13.1 Å². The van der Waals surface area contributed by atoms with Crippen molar-refractivity contribution in [3.8, 4) is 0 Å². The molecule has 0 saturated heterocycles. The zero-order chi connectivity index (χ0) is 13.1. The highest BCUT2D eigenvalue weighted by Gasteiger charge is 2.09. The number of rotatable bonds is 4. The topological polar surface area (TPSA) is 17.8 Å². The van der Waals surface area contributed by atoms with Gasteiger partial charge in [0, 0.05) is 16.2 Å². The van der Waals surface area contributed by atoms with Gasteiger partial charge in [0.15, 0.2) is 0 Å². The molecular weight excluding hydrogens is 319 g/mol. The maximum atomic E-state index is 13.2. The van der Waals surface area contributed by atoms with E-state index in [0.29, 0.717) is 6.54 Å². The highest BCUT2D eigenvalue weighted by Crippen LogP contribution is 2.24. The molecule has 0 spiro atoms. The zero-order valence-corrected chi connectivity index (χ0v) is 12.2. The number of halogens is 3.